The van der Waals surface area contributed by atoms with Crippen molar-refractivity contribution >= 4 is 28.6 Å². The van der Waals surface area contributed by atoms with Crippen molar-refractivity contribution in [2.75, 3.05) is 51.4 Å². The lowest BCUT2D eigenvalue weighted by Gasteiger charge is -2.14. The number of likely N-dealkylation sites (N-methyl/N-ethyl adjacent to an activating group) is 1. The Morgan fingerprint density at radius 1 is 1.24 bits per heavy atom. The van der Waals surface area contributed by atoms with Crippen LogP contribution in [0, 0.1) is 0 Å². The van der Waals surface area contributed by atoms with Crippen LogP contribution in [0.1, 0.15) is 13.0 Å². The number of benzene rings is 1. The number of hydrogen-bond acceptors (Lipinski definition) is 9. The van der Waals surface area contributed by atoms with Gasteiger partial charge in [0.2, 0.25) is 16.8 Å². The lowest BCUT2D eigenvalue weighted by Crippen LogP contribution is -2.31. The van der Waals surface area contributed by atoms with Crippen molar-refractivity contribution in [1.29, 1.82) is 0 Å². The highest BCUT2D eigenvalue weighted by molar-refractivity contribution is 7.99. The van der Waals surface area contributed by atoms with Gasteiger partial charge in [-0.15, -0.1) is 0 Å². The van der Waals surface area contributed by atoms with Crippen molar-refractivity contribution in [3.05, 3.63) is 36.5 Å². The third kappa shape index (κ3) is 5.52. The molecule has 1 atom stereocenters. The maximum atomic E-state index is 10.9. The molecule has 2 N–H and O–H groups in total. The molecule has 1 aliphatic heterocycles. The summed E-state index contributed by atoms with van der Waals surface area (Å²) in [6.45, 7) is 4.46. The summed E-state index contributed by atoms with van der Waals surface area (Å²) < 4.78 is 30.7. The number of anilines is 1. The van der Waals surface area contributed by atoms with Gasteiger partial charge in [0.05, 0.1) is 24.2 Å². The molecule has 182 valence electrons. The summed E-state index contributed by atoms with van der Waals surface area (Å²) in [6, 6.07) is 10.1. The number of nitrogens with one attached hydrogen (secondary N) is 2. The molecule has 0 amide bonds. The highest BCUT2D eigenvalue weighted by atomic mass is 32.2. The minimum Gasteiger partial charge on any atom is -0.497 e. The van der Waals surface area contributed by atoms with Gasteiger partial charge in [-0.1, -0.05) is 23.9 Å². The van der Waals surface area contributed by atoms with E-state index in [-0.39, 0.29) is 0 Å². The zero-order valence-electron chi connectivity index (χ0n) is 19.4. The number of methoxy groups -OCH3 is 1. The zero-order valence-corrected chi connectivity index (χ0v) is 21.1. The number of nitrogens with zero attached hydrogens (tertiary/aromatic N) is 5. The zero-order chi connectivity index (χ0) is 24.1. The average molecular weight is 504 g/mol. The molecule has 0 fully saturated rings. The second kappa shape index (κ2) is 11.2. The SMILES string of the molecule is COc1cccc(-c2nc3n(c2-c2ccnc(NCCNCCN(C)[SH](=O)=O)n2)C(C)CS3)c1. The molecule has 4 rings (SSSR count). The van der Waals surface area contributed by atoms with E-state index in [1.807, 2.05) is 30.3 Å². The molecule has 0 saturated heterocycles. The maximum absolute atomic E-state index is 10.9. The predicted molar refractivity (Wildman–Crippen MR) is 135 cm³/mol. The standard InChI is InChI=1S/C22H29N7O3S2/c1-15-14-33-22-27-19(16-5-4-6-17(13-16)32-3)20(29(15)22)18-7-8-24-21(26-18)25-10-9-23-11-12-28(2)34(30)31/h4-8,13,15,23,34H,9-12,14H2,1-3H3,(H,24,25,26). The largest absolute Gasteiger partial charge is 0.497 e. The molecule has 12 heteroatoms. The van der Waals surface area contributed by atoms with Crippen molar-refractivity contribution in [3.8, 4) is 28.4 Å². The number of aromatic nitrogens is 4. The Hall–Kier alpha value is -2.67. The Morgan fingerprint density at radius 3 is 2.88 bits per heavy atom. The third-order valence-electron chi connectivity index (χ3n) is 5.49. The second-order valence-corrected chi connectivity index (χ2v) is 10.1. The molecule has 0 aliphatic carbocycles. The van der Waals surface area contributed by atoms with Crippen LogP contribution in [-0.4, -0.2) is 78.3 Å². The van der Waals surface area contributed by atoms with E-state index in [0.29, 0.717) is 38.2 Å². The predicted octanol–water partition coefficient (Wildman–Crippen LogP) is 2.14. The van der Waals surface area contributed by atoms with Crippen LogP contribution in [0.3, 0.4) is 0 Å². The van der Waals surface area contributed by atoms with Crippen molar-refractivity contribution < 1.29 is 13.2 Å². The molecule has 1 aromatic carbocycles. The van der Waals surface area contributed by atoms with E-state index in [2.05, 4.69) is 27.1 Å². The smallest absolute Gasteiger partial charge is 0.223 e. The van der Waals surface area contributed by atoms with Gasteiger partial charge in [-0.2, -0.15) is 0 Å². The number of imidazole rings is 1. The molecule has 0 spiro atoms. The molecule has 0 bridgehead atoms. The van der Waals surface area contributed by atoms with Gasteiger partial charge in [-0.05, 0) is 25.1 Å². The van der Waals surface area contributed by atoms with Crippen LogP contribution in [0.2, 0.25) is 0 Å². The quantitative estimate of drug-likeness (QED) is 0.267. The molecule has 0 radical (unpaired) electrons. The molecule has 2 aromatic heterocycles. The van der Waals surface area contributed by atoms with Crippen molar-refractivity contribution in [3.63, 3.8) is 0 Å². The first-order valence-corrected chi connectivity index (χ1v) is 13.1. The third-order valence-corrected chi connectivity index (χ3v) is 7.44. The van der Waals surface area contributed by atoms with Crippen LogP contribution in [0.5, 0.6) is 5.75 Å². The van der Waals surface area contributed by atoms with E-state index in [1.54, 1.807) is 32.1 Å². The molecule has 0 saturated carbocycles. The van der Waals surface area contributed by atoms with E-state index in [9.17, 15) is 8.42 Å². The van der Waals surface area contributed by atoms with Gasteiger partial charge in [0.25, 0.3) is 0 Å². The Labute approximate surface area is 205 Å². The fourth-order valence-electron chi connectivity index (χ4n) is 3.69. The molecule has 34 heavy (non-hydrogen) atoms. The fraction of sp³-hybridized carbons (Fsp3) is 0.409. The van der Waals surface area contributed by atoms with Gasteiger partial charge in [0.15, 0.2) is 5.16 Å². The number of ether oxygens (including phenoxy) is 1. The molecule has 3 heterocycles. The summed E-state index contributed by atoms with van der Waals surface area (Å²) in [4.78, 5) is 14.1. The summed E-state index contributed by atoms with van der Waals surface area (Å²) in [6.07, 6.45) is 1.75. The summed E-state index contributed by atoms with van der Waals surface area (Å²) in [5, 5.41) is 7.44. The van der Waals surface area contributed by atoms with Crippen LogP contribution in [0.15, 0.2) is 41.7 Å². The van der Waals surface area contributed by atoms with Gasteiger partial charge in [-0.3, -0.25) is 0 Å². The van der Waals surface area contributed by atoms with Crippen LogP contribution in [0.25, 0.3) is 22.6 Å². The van der Waals surface area contributed by atoms with Gasteiger partial charge < -0.3 is 19.9 Å². The Kier molecular flexibility index (Phi) is 8.03. The first-order chi connectivity index (χ1) is 16.5. The van der Waals surface area contributed by atoms with Gasteiger partial charge in [-0.25, -0.2) is 27.7 Å². The molecular formula is C22H29N7O3S2. The van der Waals surface area contributed by atoms with E-state index in [1.165, 1.54) is 4.31 Å². The number of hydrogen-bond donors (Lipinski definition) is 3. The number of thioether (sulfide) groups is 1. The monoisotopic (exact) mass is 503 g/mol. The van der Waals surface area contributed by atoms with Crippen molar-refractivity contribution in [1.82, 2.24) is 29.1 Å². The van der Waals surface area contributed by atoms with E-state index >= 15 is 0 Å². The number of fused-ring (bicyclic) bond motifs is 1. The van der Waals surface area contributed by atoms with Crippen LogP contribution >= 0.6 is 11.8 Å². The van der Waals surface area contributed by atoms with Crippen LogP contribution < -0.4 is 15.4 Å². The maximum Gasteiger partial charge on any atom is 0.223 e. The van der Waals surface area contributed by atoms with Gasteiger partial charge >= 0.3 is 0 Å². The minimum atomic E-state index is -2.53. The van der Waals surface area contributed by atoms with Crippen LogP contribution in [0.4, 0.5) is 5.95 Å². The fourth-order valence-corrected chi connectivity index (χ4v) is 5.06. The molecule has 3 aromatic rings. The number of thiol groups is 1. The summed E-state index contributed by atoms with van der Waals surface area (Å²) >= 11 is 1.75. The van der Waals surface area contributed by atoms with Crippen molar-refractivity contribution in [2.24, 2.45) is 0 Å². The molecular weight excluding hydrogens is 474 g/mol. The first kappa shape index (κ1) is 24.5. The number of rotatable bonds is 11. The molecule has 1 unspecified atom stereocenters. The van der Waals surface area contributed by atoms with E-state index < -0.39 is 10.9 Å². The first-order valence-electron chi connectivity index (χ1n) is 11.0. The lowest BCUT2D eigenvalue weighted by molar-refractivity contribution is 0.415. The van der Waals surface area contributed by atoms with Gasteiger partial charge in [0, 0.05) is 56.8 Å². The average Bonchev–Trinajstić information content (AvgIpc) is 3.41. The summed E-state index contributed by atoms with van der Waals surface area (Å²) in [5.74, 6) is 2.29. The highest BCUT2D eigenvalue weighted by Gasteiger charge is 2.29. The van der Waals surface area contributed by atoms with E-state index in [0.717, 1.165) is 39.3 Å². The Balaban J connectivity index is 1.52. The summed E-state index contributed by atoms with van der Waals surface area (Å²) in [5.41, 5.74) is 3.63. The Morgan fingerprint density at radius 2 is 2.09 bits per heavy atom. The lowest BCUT2D eigenvalue weighted by atomic mass is 10.1. The molecule has 10 nitrogen and oxygen atoms in total. The Bertz CT molecular complexity index is 1210. The highest BCUT2D eigenvalue weighted by Crippen LogP contribution is 2.43. The van der Waals surface area contributed by atoms with Crippen LogP contribution in [-0.2, 0) is 10.9 Å². The normalized spacial score (nSPS) is 15.1. The van der Waals surface area contributed by atoms with Gasteiger partial charge in [0.1, 0.15) is 5.75 Å². The summed E-state index contributed by atoms with van der Waals surface area (Å²) in [7, 11) is 0.681. The molecule has 1 aliphatic rings. The second-order valence-electron chi connectivity index (χ2n) is 7.91. The topological polar surface area (TPSA) is 114 Å². The minimum absolute atomic E-state index is 0.305. The van der Waals surface area contributed by atoms with E-state index in [4.69, 9.17) is 14.7 Å². The van der Waals surface area contributed by atoms with Crippen molar-refractivity contribution in [2.45, 2.75) is 18.1 Å².